The number of nitrogens with zero attached hydrogens (tertiary/aromatic N) is 6. The van der Waals surface area contributed by atoms with E-state index in [4.69, 9.17) is 4.98 Å². The lowest BCUT2D eigenvalue weighted by Crippen LogP contribution is -2.04. The fourth-order valence-corrected chi connectivity index (χ4v) is 3.05. The molecule has 2 heterocycles. The molecule has 0 unspecified atom stereocenters. The van der Waals surface area contributed by atoms with E-state index in [9.17, 15) is 4.39 Å². The average molecular weight is 358 g/mol. The van der Waals surface area contributed by atoms with Crippen LogP contribution in [0.3, 0.4) is 0 Å². The van der Waals surface area contributed by atoms with Crippen LogP contribution in [0.2, 0.25) is 0 Å². The second-order valence-electron chi connectivity index (χ2n) is 6.52. The van der Waals surface area contributed by atoms with E-state index in [1.165, 1.54) is 12.1 Å². The molecular formula is C20H15FN6. The van der Waals surface area contributed by atoms with Crippen LogP contribution in [0.4, 0.5) is 4.39 Å². The molecule has 0 atom stereocenters. The van der Waals surface area contributed by atoms with E-state index in [-0.39, 0.29) is 5.82 Å². The summed E-state index contributed by atoms with van der Waals surface area (Å²) >= 11 is 0. The van der Waals surface area contributed by atoms with Gasteiger partial charge < -0.3 is 0 Å². The monoisotopic (exact) mass is 358 g/mol. The lowest BCUT2D eigenvalue weighted by Gasteiger charge is -2.11. The molecule has 132 valence electrons. The van der Waals surface area contributed by atoms with Crippen molar-refractivity contribution in [3.63, 3.8) is 0 Å². The lowest BCUT2D eigenvalue weighted by molar-refractivity contribution is 0.628. The van der Waals surface area contributed by atoms with Crippen molar-refractivity contribution >= 4 is 0 Å². The van der Waals surface area contributed by atoms with Crippen LogP contribution in [0.25, 0.3) is 28.3 Å². The van der Waals surface area contributed by atoms with E-state index in [2.05, 4.69) is 20.5 Å². The maximum atomic E-state index is 13.9. The van der Waals surface area contributed by atoms with Gasteiger partial charge in [-0.25, -0.2) is 14.4 Å². The molecule has 0 spiro atoms. The van der Waals surface area contributed by atoms with Gasteiger partial charge >= 0.3 is 0 Å². The third-order valence-corrected chi connectivity index (χ3v) is 4.56. The first-order chi connectivity index (χ1) is 13.3. The summed E-state index contributed by atoms with van der Waals surface area (Å²) in [6, 6.07) is 16.0. The summed E-state index contributed by atoms with van der Waals surface area (Å²) in [6.45, 7) is 0. The number of benzene rings is 2. The second kappa shape index (κ2) is 6.35. The van der Waals surface area contributed by atoms with Gasteiger partial charge in [-0.1, -0.05) is 30.3 Å². The van der Waals surface area contributed by atoms with Crippen molar-refractivity contribution in [2.45, 2.75) is 18.8 Å². The minimum atomic E-state index is -0.312. The van der Waals surface area contributed by atoms with E-state index in [0.29, 0.717) is 28.6 Å². The van der Waals surface area contributed by atoms with Gasteiger partial charge in [0, 0.05) is 17.7 Å². The van der Waals surface area contributed by atoms with Crippen molar-refractivity contribution in [2.24, 2.45) is 0 Å². The fourth-order valence-electron chi connectivity index (χ4n) is 3.05. The zero-order valence-corrected chi connectivity index (χ0v) is 14.3. The maximum Gasteiger partial charge on any atom is 0.190 e. The minimum absolute atomic E-state index is 0.312. The number of hydrogen-bond acceptors (Lipinski definition) is 5. The van der Waals surface area contributed by atoms with Crippen LogP contribution < -0.4 is 0 Å². The molecule has 2 aromatic carbocycles. The highest BCUT2D eigenvalue weighted by Gasteiger charge is 2.28. The Labute approximate surface area is 154 Å². The molecule has 1 fully saturated rings. The van der Waals surface area contributed by atoms with Gasteiger partial charge in [0.2, 0.25) is 0 Å². The maximum absolute atomic E-state index is 13.9. The molecule has 0 radical (unpaired) electrons. The summed E-state index contributed by atoms with van der Waals surface area (Å²) < 4.78 is 15.5. The molecule has 0 amide bonds. The first-order valence-corrected chi connectivity index (χ1v) is 8.76. The molecule has 0 N–H and O–H groups in total. The highest BCUT2D eigenvalue weighted by atomic mass is 19.1. The highest BCUT2D eigenvalue weighted by molar-refractivity contribution is 5.77. The van der Waals surface area contributed by atoms with Crippen LogP contribution in [-0.2, 0) is 0 Å². The first-order valence-electron chi connectivity index (χ1n) is 8.76. The highest BCUT2D eigenvalue weighted by Crippen LogP contribution is 2.40. The Balaban J connectivity index is 1.70. The summed E-state index contributed by atoms with van der Waals surface area (Å²) in [5.41, 5.74) is 2.81. The molecule has 27 heavy (non-hydrogen) atoms. The van der Waals surface area contributed by atoms with Gasteiger partial charge in [0.1, 0.15) is 11.6 Å². The van der Waals surface area contributed by atoms with Gasteiger partial charge in [0.05, 0.1) is 16.9 Å². The van der Waals surface area contributed by atoms with Crippen LogP contribution in [0.5, 0.6) is 0 Å². The molecule has 6 nitrogen and oxygen atoms in total. The molecule has 1 saturated carbocycles. The van der Waals surface area contributed by atoms with Crippen molar-refractivity contribution in [1.82, 2.24) is 30.2 Å². The van der Waals surface area contributed by atoms with Crippen molar-refractivity contribution < 1.29 is 4.39 Å². The third kappa shape index (κ3) is 2.97. The van der Waals surface area contributed by atoms with E-state index in [1.54, 1.807) is 16.9 Å². The molecule has 1 aliphatic carbocycles. The Morgan fingerprint density at radius 3 is 2.63 bits per heavy atom. The van der Waals surface area contributed by atoms with Crippen LogP contribution in [-0.4, -0.2) is 30.2 Å². The SMILES string of the molecule is Fc1cccc(-c2nc(C3CC3)ncc2-c2nnnn2-c2ccccc2)c1. The zero-order chi connectivity index (χ0) is 18.2. The average Bonchev–Trinajstić information content (AvgIpc) is 3.45. The predicted molar refractivity (Wildman–Crippen MR) is 97.5 cm³/mol. The Morgan fingerprint density at radius 1 is 1.00 bits per heavy atom. The van der Waals surface area contributed by atoms with Crippen LogP contribution in [0.1, 0.15) is 24.6 Å². The van der Waals surface area contributed by atoms with Gasteiger partial charge in [0.25, 0.3) is 0 Å². The van der Waals surface area contributed by atoms with E-state index in [0.717, 1.165) is 24.4 Å². The quantitative estimate of drug-likeness (QED) is 0.555. The number of halogens is 1. The van der Waals surface area contributed by atoms with Crippen molar-refractivity contribution in [2.75, 3.05) is 0 Å². The summed E-state index contributed by atoms with van der Waals surface area (Å²) in [4.78, 5) is 9.28. The minimum Gasteiger partial charge on any atom is -0.240 e. The predicted octanol–water partition coefficient (Wildman–Crippen LogP) is 3.80. The summed E-state index contributed by atoms with van der Waals surface area (Å²) in [6.07, 6.45) is 3.92. The number of rotatable bonds is 4. The molecule has 0 aliphatic heterocycles. The van der Waals surface area contributed by atoms with E-state index < -0.39 is 0 Å². The standard InChI is InChI=1S/C20H15FN6/c21-15-6-4-5-14(11-15)18-17(12-22-19(23-18)13-9-10-13)20-24-25-26-27(20)16-7-2-1-3-8-16/h1-8,11-13H,9-10H2. The Kier molecular flexibility index (Phi) is 3.71. The smallest absolute Gasteiger partial charge is 0.190 e. The van der Waals surface area contributed by atoms with Gasteiger partial charge in [-0.15, -0.1) is 5.10 Å². The Bertz CT molecular complexity index is 1100. The molecule has 2 aromatic heterocycles. The van der Waals surface area contributed by atoms with Gasteiger partial charge in [-0.2, -0.15) is 4.68 Å². The summed E-state index contributed by atoms with van der Waals surface area (Å²) in [7, 11) is 0. The number of tetrazole rings is 1. The zero-order valence-electron chi connectivity index (χ0n) is 14.3. The number of aromatic nitrogens is 6. The van der Waals surface area contributed by atoms with E-state index >= 15 is 0 Å². The van der Waals surface area contributed by atoms with Crippen molar-refractivity contribution in [3.05, 3.63) is 72.4 Å². The molecule has 0 bridgehead atoms. The van der Waals surface area contributed by atoms with E-state index in [1.807, 2.05) is 36.4 Å². The third-order valence-electron chi connectivity index (χ3n) is 4.56. The van der Waals surface area contributed by atoms with Crippen LogP contribution in [0, 0.1) is 5.82 Å². The van der Waals surface area contributed by atoms with Gasteiger partial charge in [-0.3, -0.25) is 0 Å². The number of para-hydroxylation sites is 1. The molecule has 7 heteroatoms. The van der Waals surface area contributed by atoms with Gasteiger partial charge in [-0.05, 0) is 47.5 Å². The normalized spacial score (nSPS) is 13.7. The Hall–Kier alpha value is -3.48. The van der Waals surface area contributed by atoms with Crippen molar-refractivity contribution in [1.29, 1.82) is 0 Å². The molecule has 0 saturated heterocycles. The Morgan fingerprint density at radius 2 is 1.85 bits per heavy atom. The molecule has 1 aliphatic rings. The lowest BCUT2D eigenvalue weighted by atomic mass is 10.1. The molecule has 5 rings (SSSR count). The molecule has 4 aromatic rings. The summed E-state index contributed by atoms with van der Waals surface area (Å²) in [5.74, 6) is 1.38. The van der Waals surface area contributed by atoms with Gasteiger partial charge in [0.15, 0.2) is 5.82 Å². The number of hydrogen-bond donors (Lipinski definition) is 0. The molecular weight excluding hydrogens is 343 g/mol. The second-order valence-corrected chi connectivity index (χ2v) is 6.52. The largest absolute Gasteiger partial charge is 0.240 e. The van der Waals surface area contributed by atoms with Crippen molar-refractivity contribution in [3.8, 4) is 28.3 Å². The first kappa shape index (κ1) is 15.7. The summed E-state index contributed by atoms with van der Waals surface area (Å²) in [5, 5.41) is 12.1. The topological polar surface area (TPSA) is 69.4 Å². The van der Waals surface area contributed by atoms with Crippen LogP contribution in [0.15, 0.2) is 60.8 Å². The fraction of sp³-hybridized carbons (Fsp3) is 0.150. The van der Waals surface area contributed by atoms with Crippen LogP contribution >= 0.6 is 0 Å².